The van der Waals surface area contributed by atoms with Crippen molar-refractivity contribution in [2.75, 3.05) is 0 Å². The largest absolute Gasteiger partial charge is 1.00 e. The molecule has 0 saturated heterocycles. The van der Waals surface area contributed by atoms with Crippen molar-refractivity contribution in [2.24, 2.45) is 5.73 Å². The van der Waals surface area contributed by atoms with Crippen LogP contribution in [0.3, 0.4) is 0 Å². The van der Waals surface area contributed by atoms with Gasteiger partial charge in [-0.1, -0.05) is 11.6 Å². The van der Waals surface area contributed by atoms with Crippen LogP contribution in [-0.2, 0) is 0 Å². The zero-order valence-electron chi connectivity index (χ0n) is 7.67. The number of nitrogens with two attached hydrogens (primary N) is 1. The molecule has 6 nitrogen and oxygen atoms in total. The molecule has 0 unspecified atom stereocenters. The van der Waals surface area contributed by atoms with Gasteiger partial charge >= 0.3 is 51.4 Å². The van der Waals surface area contributed by atoms with E-state index in [1.54, 1.807) is 0 Å². The van der Waals surface area contributed by atoms with Crippen LogP contribution in [0.25, 0.3) is 0 Å². The van der Waals surface area contributed by atoms with Crippen LogP contribution in [-0.4, -0.2) is 16.9 Å². The van der Waals surface area contributed by atoms with E-state index in [0.717, 1.165) is 6.07 Å². The number of carboxylic acids is 1. The molecule has 0 radical (unpaired) electrons. The first-order valence-corrected chi connectivity index (χ1v) is 3.75. The maximum Gasteiger partial charge on any atom is 1.00 e. The summed E-state index contributed by atoms with van der Waals surface area (Å²) in [6.45, 7) is 0. The smallest absolute Gasteiger partial charge is 0.543 e. The fourth-order valence-corrected chi connectivity index (χ4v) is 1.07. The molecule has 0 aliphatic carbocycles. The second-order valence-electron chi connectivity index (χ2n) is 2.39. The van der Waals surface area contributed by atoms with E-state index < -0.39 is 28.7 Å². The number of aromatic carboxylic acids is 1. The number of nitrogens with one attached hydrogen (secondary N) is 1. The molecule has 3 N–H and O–H groups in total. The van der Waals surface area contributed by atoms with Crippen LogP contribution in [0, 0.1) is 0 Å². The molecule has 0 spiro atoms. The summed E-state index contributed by atoms with van der Waals surface area (Å²) in [6.07, 6.45) is 0. The Bertz CT molecular complexity index is 471. The summed E-state index contributed by atoms with van der Waals surface area (Å²) in [7, 11) is 0. The predicted octanol–water partition coefficient (Wildman–Crippen LogP) is -4.51. The Labute approximate surface area is 131 Å². The molecule has 1 amide bonds. The number of carbonyl (C=O) groups excluding carboxylic acids is 2. The zero-order valence-corrected chi connectivity index (χ0v) is 11.5. The minimum absolute atomic E-state index is 0. The van der Waals surface area contributed by atoms with Gasteiger partial charge in [-0.2, -0.15) is 0 Å². The molecule has 0 aliphatic heterocycles. The van der Waals surface area contributed by atoms with E-state index in [2.05, 4.69) is 0 Å². The number of pyridine rings is 1. The standard InChI is InChI=1S/C7H5ClN2O4.K/c8-3-1-2(5(9)11)6(12)10-4(3)7(13)14;/h1H,(H2,9,11)(H,10,12)(H,13,14);/q;+1/p-1. The number of amides is 1. The van der Waals surface area contributed by atoms with Crippen molar-refractivity contribution >= 4 is 23.5 Å². The van der Waals surface area contributed by atoms with Crippen LogP contribution in [0.2, 0.25) is 5.02 Å². The molecule has 0 saturated carbocycles. The molecule has 0 aliphatic rings. The second kappa shape index (κ2) is 5.78. The Hall–Kier alpha value is -0.184. The number of carbonyl (C=O) groups is 2. The van der Waals surface area contributed by atoms with Gasteiger partial charge in [-0.05, 0) is 6.07 Å². The third kappa shape index (κ3) is 3.40. The molecule has 1 rings (SSSR count). The Balaban J connectivity index is 0.00000196. The van der Waals surface area contributed by atoms with Crippen LogP contribution in [0.1, 0.15) is 20.8 Å². The summed E-state index contributed by atoms with van der Waals surface area (Å²) in [6, 6.07) is 0.883. The van der Waals surface area contributed by atoms with Gasteiger partial charge < -0.3 is 20.6 Å². The van der Waals surface area contributed by atoms with Crippen LogP contribution in [0.15, 0.2) is 10.9 Å². The summed E-state index contributed by atoms with van der Waals surface area (Å²) in [5.41, 5.74) is 2.93. The van der Waals surface area contributed by atoms with Crippen molar-refractivity contribution < 1.29 is 66.1 Å². The molecule has 0 fully saturated rings. The van der Waals surface area contributed by atoms with Crippen molar-refractivity contribution in [3.05, 3.63) is 32.7 Å². The molecule has 1 aromatic heterocycles. The van der Waals surface area contributed by atoms with Crippen LogP contribution >= 0.6 is 11.6 Å². The molecule has 1 aromatic rings. The quantitative estimate of drug-likeness (QED) is 0.518. The van der Waals surface area contributed by atoms with Crippen molar-refractivity contribution in [2.45, 2.75) is 0 Å². The Kier molecular flexibility index (Phi) is 5.71. The van der Waals surface area contributed by atoms with Gasteiger partial charge in [0.1, 0.15) is 5.56 Å². The maximum atomic E-state index is 11.0. The summed E-state index contributed by atoms with van der Waals surface area (Å²) in [4.78, 5) is 33.9. The Morgan fingerprint density at radius 1 is 1.47 bits per heavy atom. The van der Waals surface area contributed by atoms with Gasteiger partial charge in [0.15, 0.2) is 0 Å². The number of rotatable bonds is 2. The van der Waals surface area contributed by atoms with Gasteiger partial charge in [0, 0.05) is 0 Å². The first-order chi connectivity index (χ1) is 6.43. The van der Waals surface area contributed by atoms with Crippen molar-refractivity contribution in [1.82, 2.24) is 4.98 Å². The third-order valence-electron chi connectivity index (χ3n) is 1.46. The van der Waals surface area contributed by atoms with Gasteiger partial charge in [-0.25, -0.2) is 0 Å². The molecule has 0 aromatic carbocycles. The second-order valence-corrected chi connectivity index (χ2v) is 2.79. The number of hydrogen-bond acceptors (Lipinski definition) is 4. The molecular weight excluding hydrogens is 251 g/mol. The molecular formula is C7H4ClKN2O4. The van der Waals surface area contributed by atoms with Gasteiger partial charge in [0.25, 0.3) is 11.5 Å². The summed E-state index contributed by atoms with van der Waals surface area (Å²) in [5, 5.41) is 10.1. The summed E-state index contributed by atoms with van der Waals surface area (Å²) >= 11 is 5.44. The van der Waals surface area contributed by atoms with Crippen molar-refractivity contribution in [1.29, 1.82) is 0 Å². The number of H-pyrrole nitrogens is 1. The first-order valence-electron chi connectivity index (χ1n) is 3.37. The van der Waals surface area contributed by atoms with Gasteiger partial charge in [-0.15, -0.1) is 0 Å². The molecule has 8 heteroatoms. The number of halogens is 1. The molecule has 0 atom stereocenters. The molecule has 1 heterocycles. The number of aromatic nitrogens is 1. The van der Waals surface area contributed by atoms with Gasteiger partial charge in [0.2, 0.25) is 0 Å². The number of hydrogen-bond donors (Lipinski definition) is 2. The summed E-state index contributed by atoms with van der Waals surface area (Å²) in [5.74, 6) is -2.62. The first kappa shape index (κ1) is 14.8. The van der Waals surface area contributed by atoms with E-state index in [1.807, 2.05) is 4.98 Å². The molecule has 0 bridgehead atoms. The van der Waals surface area contributed by atoms with Gasteiger partial charge in [0.05, 0.1) is 16.7 Å². The minimum atomic E-state index is -1.64. The van der Waals surface area contributed by atoms with E-state index in [-0.39, 0.29) is 56.4 Å². The summed E-state index contributed by atoms with van der Waals surface area (Å²) < 4.78 is 0. The molecule has 74 valence electrons. The normalized spacial score (nSPS) is 9.13. The average molecular weight is 255 g/mol. The van der Waals surface area contributed by atoms with E-state index in [0.29, 0.717) is 0 Å². The number of primary amides is 1. The Morgan fingerprint density at radius 2 is 2.00 bits per heavy atom. The fraction of sp³-hybridized carbons (Fsp3) is 0. The van der Waals surface area contributed by atoms with Crippen LogP contribution in [0.4, 0.5) is 0 Å². The van der Waals surface area contributed by atoms with Crippen LogP contribution in [0.5, 0.6) is 0 Å². The monoisotopic (exact) mass is 254 g/mol. The van der Waals surface area contributed by atoms with E-state index >= 15 is 0 Å². The van der Waals surface area contributed by atoms with Crippen molar-refractivity contribution in [3.8, 4) is 0 Å². The third-order valence-corrected chi connectivity index (χ3v) is 1.76. The van der Waals surface area contributed by atoms with Crippen molar-refractivity contribution in [3.63, 3.8) is 0 Å². The number of aromatic amines is 1. The van der Waals surface area contributed by atoms with Gasteiger partial charge in [-0.3, -0.25) is 9.59 Å². The van der Waals surface area contributed by atoms with Crippen LogP contribution < -0.4 is 67.8 Å². The SMILES string of the molecule is NC(=O)c1cc(Cl)c(C(=O)[O-])[nH]c1=O.[K+]. The minimum Gasteiger partial charge on any atom is -0.543 e. The number of carboxylic acid groups (broad SMARTS) is 1. The van der Waals surface area contributed by atoms with E-state index in [1.165, 1.54) is 0 Å². The maximum absolute atomic E-state index is 11.0. The van der Waals surface area contributed by atoms with E-state index in [9.17, 15) is 19.5 Å². The Morgan fingerprint density at radius 3 is 2.40 bits per heavy atom. The molecule has 15 heavy (non-hydrogen) atoms. The zero-order chi connectivity index (χ0) is 10.9. The average Bonchev–Trinajstić information content (AvgIpc) is 2.07. The predicted molar refractivity (Wildman–Crippen MR) is 44.9 cm³/mol. The van der Waals surface area contributed by atoms with E-state index in [4.69, 9.17) is 17.3 Å². The fourth-order valence-electron chi connectivity index (χ4n) is 0.837. The topological polar surface area (TPSA) is 116 Å².